The summed E-state index contributed by atoms with van der Waals surface area (Å²) in [7, 11) is 0. The lowest BCUT2D eigenvalue weighted by molar-refractivity contribution is -0.124. The molecule has 16 heavy (non-hydrogen) atoms. The van der Waals surface area contributed by atoms with Crippen LogP contribution in [0, 0.1) is 11.3 Å². The van der Waals surface area contributed by atoms with E-state index in [1.165, 1.54) is 0 Å². The van der Waals surface area contributed by atoms with Crippen molar-refractivity contribution in [2.24, 2.45) is 17.1 Å². The van der Waals surface area contributed by atoms with Gasteiger partial charge in [-0.1, -0.05) is 27.7 Å². The predicted molar refractivity (Wildman–Crippen MR) is 65.9 cm³/mol. The monoisotopic (exact) mass is 230 g/mol. The first kappa shape index (κ1) is 15.4. The summed E-state index contributed by atoms with van der Waals surface area (Å²) < 4.78 is 0. The highest BCUT2D eigenvalue weighted by atomic mass is 16.3. The molecule has 1 unspecified atom stereocenters. The van der Waals surface area contributed by atoms with Crippen LogP contribution in [-0.2, 0) is 4.79 Å². The second kappa shape index (κ2) is 6.86. The molecular formula is C12H26N2O2. The molecule has 0 heterocycles. The SMILES string of the molecule is CC(CO)CCCNC(=O)[C@H](N)C(C)(C)C. The Labute approximate surface area is 98.6 Å². The van der Waals surface area contributed by atoms with Gasteiger partial charge in [0.2, 0.25) is 5.91 Å². The smallest absolute Gasteiger partial charge is 0.237 e. The molecule has 0 radical (unpaired) electrons. The van der Waals surface area contributed by atoms with Gasteiger partial charge in [0.1, 0.15) is 0 Å². The summed E-state index contributed by atoms with van der Waals surface area (Å²) in [4.78, 5) is 11.6. The van der Waals surface area contributed by atoms with Crippen LogP contribution in [0.4, 0.5) is 0 Å². The van der Waals surface area contributed by atoms with Crippen LogP contribution in [0.25, 0.3) is 0 Å². The molecule has 2 atom stereocenters. The van der Waals surface area contributed by atoms with Crippen molar-refractivity contribution in [1.29, 1.82) is 0 Å². The molecule has 0 aromatic carbocycles. The largest absolute Gasteiger partial charge is 0.396 e. The van der Waals surface area contributed by atoms with Gasteiger partial charge in [-0.25, -0.2) is 0 Å². The van der Waals surface area contributed by atoms with Crippen LogP contribution in [0.3, 0.4) is 0 Å². The zero-order chi connectivity index (χ0) is 12.8. The van der Waals surface area contributed by atoms with Crippen LogP contribution in [-0.4, -0.2) is 30.2 Å². The fraction of sp³-hybridized carbons (Fsp3) is 0.917. The molecule has 0 aliphatic heterocycles. The molecule has 0 fully saturated rings. The van der Waals surface area contributed by atoms with Crippen LogP contribution in [0.2, 0.25) is 0 Å². The Bertz CT molecular complexity index is 212. The second-order valence-corrected chi connectivity index (χ2v) is 5.56. The van der Waals surface area contributed by atoms with E-state index in [2.05, 4.69) is 5.32 Å². The second-order valence-electron chi connectivity index (χ2n) is 5.56. The molecule has 0 aliphatic carbocycles. The van der Waals surface area contributed by atoms with Crippen LogP contribution in [0.5, 0.6) is 0 Å². The minimum Gasteiger partial charge on any atom is -0.396 e. The fourth-order valence-corrected chi connectivity index (χ4v) is 1.26. The Morgan fingerprint density at radius 3 is 2.44 bits per heavy atom. The minimum atomic E-state index is -0.470. The van der Waals surface area contributed by atoms with E-state index in [9.17, 15) is 4.79 Å². The summed E-state index contributed by atoms with van der Waals surface area (Å²) >= 11 is 0. The van der Waals surface area contributed by atoms with Crippen LogP contribution in [0.1, 0.15) is 40.5 Å². The van der Waals surface area contributed by atoms with Crippen molar-refractivity contribution in [3.63, 3.8) is 0 Å². The molecule has 4 nitrogen and oxygen atoms in total. The third kappa shape index (κ3) is 6.08. The maximum absolute atomic E-state index is 11.6. The van der Waals surface area contributed by atoms with E-state index in [1.807, 2.05) is 27.7 Å². The lowest BCUT2D eigenvalue weighted by atomic mass is 9.87. The molecule has 96 valence electrons. The molecule has 4 heteroatoms. The Morgan fingerprint density at radius 2 is 2.00 bits per heavy atom. The van der Waals surface area contributed by atoms with Gasteiger partial charge in [-0.3, -0.25) is 4.79 Å². The normalized spacial score (nSPS) is 15.6. The van der Waals surface area contributed by atoms with E-state index in [4.69, 9.17) is 10.8 Å². The average molecular weight is 230 g/mol. The van der Waals surface area contributed by atoms with E-state index in [1.54, 1.807) is 0 Å². The maximum Gasteiger partial charge on any atom is 0.237 e. The first-order chi connectivity index (χ1) is 7.29. The molecule has 0 aliphatic rings. The average Bonchev–Trinajstić information content (AvgIpc) is 2.21. The summed E-state index contributed by atoms with van der Waals surface area (Å²) in [5.74, 6) is 0.206. The van der Waals surface area contributed by atoms with Crippen molar-refractivity contribution < 1.29 is 9.90 Å². The van der Waals surface area contributed by atoms with Crippen molar-refractivity contribution >= 4 is 5.91 Å². The minimum absolute atomic E-state index is 0.0934. The quantitative estimate of drug-likeness (QED) is 0.593. The standard InChI is InChI=1S/C12H26N2O2/c1-9(8-15)6-5-7-14-11(16)10(13)12(2,3)4/h9-10,15H,5-8,13H2,1-4H3,(H,14,16)/t9?,10-/m0/s1. The molecule has 0 aromatic rings. The van der Waals surface area contributed by atoms with Gasteiger partial charge < -0.3 is 16.2 Å². The highest BCUT2D eigenvalue weighted by Gasteiger charge is 2.26. The summed E-state index contributed by atoms with van der Waals surface area (Å²) in [6.07, 6.45) is 1.80. The Balaban J connectivity index is 3.74. The van der Waals surface area contributed by atoms with Crippen LogP contribution < -0.4 is 11.1 Å². The van der Waals surface area contributed by atoms with Gasteiger partial charge in [0.25, 0.3) is 0 Å². The summed E-state index contributed by atoms with van der Waals surface area (Å²) in [5, 5.41) is 11.7. The summed E-state index contributed by atoms with van der Waals surface area (Å²) in [6.45, 7) is 8.67. The number of nitrogens with one attached hydrogen (secondary N) is 1. The number of aliphatic hydroxyl groups excluding tert-OH is 1. The number of hydrogen-bond donors (Lipinski definition) is 3. The summed E-state index contributed by atoms with van der Waals surface area (Å²) in [5.41, 5.74) is 5.60. The molecule has 0 rings (SSSR count). The van der Waals surface area contributed by atoms with E-state index in [0.717, 1.165) is 12.8 Å². The third-order valence-electron chi connectivity index (χ3n) is 2.70. The maximum atomic E-state index is 11.6. The zero-order valence-corrected chi connectivity index (χ0v) is 10.9. The number of rotatable bonds is 6. The van der Waals surface area contributed by atoms with Crippen molar-refractivity contribution in [2.75, 3.05) is 13.2 Å². The molecular weight excluding hydrogens is 204 g/mol. The third-order valence-corrected chi connectivity index (χ3v) is 2.70. The topological polar surface area (TPSA) is 75.3 Å². The van der Waals surface area contributed by atoms with E-state index >= 15 is 0 Å². The predicted octanol–water partition coefficient (Wildman–Crippen LogP) is 0.885. The number of carbonyl (C=O) groups is 1. The van der Waals surface area contributed by atoms with Gasteiger partial charge in [-0.2, -0.15) is 0 Å². The zero-order valence-electron chi connectivity index (χ0n) is 10.9. The number of nitrogens with two attached hydrogens (primary N) is 1. The molecule has 0 bridgehead atoms. The highest BCUT2D eigenvalue weighted by Crippen LogP contribution is 2.17. The van der Waals surface area contributed by atoms with Gasteiger partial charge in [0.05, 0.1) is 6.04 Å². The molecule has 0 saturated carbocycles. The van der Waals surface area contributed by atoms with E-state index in [-0.39, 0.29) is 17.9 Å². The van der Waals surface area contributed by atoms with Gasteiger partial charge in [0, 0.05) is 13.2 Å². The number of hydrogen-bond acceptors (Lipinski definition) is 3. The molecule has 1 amide bonds. The number of amides is 1. The Hall–Kier alpha value is -0.610. The van der Waals surface area contributed by atoms with Crippen molar-refractivity contribution in [1.82, 2.24) is 5.32 Å². The van der Waals surface area contributed by atoms with Crippen LogP contribution in [0.15, 0.2) is 0 Å². The number of carbonyl (C=O) groups excluding carboxylic acids is 1. The van der Waals surface area contributed by atoms with E-state index in [0.29, 0.717) is 12.5 Å². The Kier molecular flexibility index (Phi) is 6.60. The molecule has 4 N–H and O–H groups in total. The van der Waals surface area contributed by atoms with Gasteiger partial charge in [-0.05, 0) is 24.2 Å². The van der Waals surface area contributed by atoms with Crippen molar-refractivity contribution in [3.8, 4) is 0 Å². The lowest BCUT2D eigenvalue weighted by Gasteiger charge is -2.25. The molecule has 0 aromatic heterocycles. The molecule has 0 saturated heterocycles. The number of aliphatic hydroxyl groups is 1. The van der Waals surface area contributed by atoms with Gasteiger partial charge in [0.15, 0.2) is 0 Å². The van der Waals surface area contributed by atoms with Gasteiger partial charge >= 0.3 is 0 Å². The first-order valence-electron chi connectivity index (χ1n) is 5.93. The fourth-order valence-electron chi connectivity index (χ4n) is 1.26. The lowest BCUT2D eigenvalue weighted by Crippen LogP contribution is -2.48. The van der Waals surface area contributed by atoms with Crippen molar-refractivity contribution in [3.05, 3.63) is 0 Å². The van der Waals surface area contributed by atoms with Crippen LogP contribution >= 0.6 is 0 Å². The Morgan fingerprint density at radius 1 is 1.44 bits per heavy atom. The highest BCUT2D eigenvalue weighted by molar-refractivity contribution is 5.82. The summed E-state index contributed by atoms with van der Waals surface area (Å²) in [6, 6.07) is -0.470. The van der Waals surface area contributed by atoms with E-state index < -0.39 is 6.04 Å². The van der Waals surface area contributed by atoms with Crippen molar-refractivity contribution in [2.45, 2.75) is 46.6 Å². The first-order valence-corrected chi connectivity index (χ1v) is 5.93. The molecule has 0 spiro atoms. The van der Waals surface area contributed by atoms with Gasteiger partial charge in [-0.15, -0.1) is 0 Å².